The van der Waals surface area contributed by atoms with E-state index in [9.17, 15) is 0 Å². The second kappa shape index (κ2) is 6.78. The quantitative estimate of drug-likeness (QED) is 0.434. The Bertz CT molecular complexity index is 85.3. The molecule has 2 nitrogen and oxygen atoms in total. The summed E-state index contributed by atoms with van der Waals surface area (Å²) in [6.07, 6.45) is 6.03. The fourth-order valence-electron chi connectivity index (χ4n) is 0.731. The monoisotopic (exact) mass is 144 g/mol. The van der Waals surface area contributed by atoms with E-state index in [1.54, 1.807) is 14.2 Å². The highest BCUT2D eigenvalue weighted by Gasteiger charge is 2.00. The topological polar surface area (TPSA) is 18.5 Å². The molecule has 0 atom stereocenters. The average molecular weight is 144 g/mol. The molecule has 0 N–H and O–H groups in total. The molecule has 0 aromatic carbocycles. The van der Waals surface area contributed by atoms with Crippen molar-refractivity contribution in [2.75, 3.05) is 14.2 Å². The van der Waals surface area contributed by atoms with Crippen LogP contribution in [-0.4, -0.2) is 20.5 Å². The van der Waals surface area contributed by atoms with Crippen molar-refractivity contribution in [1.29, 1.82) is 0 Å². The summed E-state index contributed by atoms with van der Waals surface area (Å²) in [5, 5.41) is 0. The van der Waals surface area contributed by atoms with E-state index in [1.165, 1.54) is 0 Å². The largest absolute Gasteiger partial charge is 0.356 e. The molecule has 0 radical (unpaired) electrons. The predicted octanol–water partition coefficient (Wildman–Crippen LogP) is 1.96. The Labute approximate surface area is 62.8 Å². The third kappa shape index (κ3) is 4.53. The molecule has 0 spiro atoms. The van der Waals surface area contributed by atoms with Crippen LogP contribution in [-0.2, 0) is 9.47 Å². The number of allylic oxidation sites excluding steroid dienone is 2. The molecule has 0 aliphatic heterocycles. The first-order chi connectivity index (χ1) is 4.85. The summed E-state index contributed by atoms with van der Waals surface area (Å²) in [7, 11) is 3.31. The summed E-state index contributed by atoms with van der Waals surface area (Å²) >= 11 is 0. The van der Waals surface area contributed by atoms with Crippen LogP contribution in [0, 0.1) is 0 Å². The lowest BCUT2D eigenvalue weighted by atomic mass is 10.3. The van der Waals surface area contributed by atoms with Crippen molar-refractivity contribution >= 4 is 0 Å². The molecule has 0 fully saturated rings. The zero-order chi connectivity index (χ0) is 7.82. The molecule has 60 valence electrons. The number of methoxy groups -OCH3 is 2. The molecule has 0 aliphatic carbocycles. The Balaban J connectivity index is 3.25. The molecule has 0 unspecified atom stereocenters. The van der Waals surface area contributed by atoms with Gasteiger partial charge in [0.05, 0.1) is 0 Å². The Morgan fingerprint density at radius 3 is 2.30 bits per heavy atom. The highest BCUT2D eigenvalue weighted by Crippen LogP contribution is 2.01. The van der Waals surface area contributed by atoms with Gasteiger partial charge >= 0.3 is 0 Å². The van der Waals surface area contributed by atoms with Crippen LogP contribution < -0.4 is 0 Å². The van der Waals surface area contributed by atoms with Crippen molar-refractivity contribution in [2.24, 2.45) is 0 Å². The van der Waals surface area contributed by atoms with Crippen molar-refractivity contribution in [3.63, 3.8) is 0 Å². The molecule has 0 aromatic rings. The van der Waals surface area contributed by atoms with Crippen LogP contribution in [0.3, 0.4) is 0 Å². The molecule has 10 heavy (non-hydrogen) atoms. The molecule has 0 heterocycles. The molecule has 0 bridgehead atoms. The smallest absolute Gasteiger partial charge is 0.157 e. The molecule has 0 saturated carbocycles. The van der Waals surface area contributed by atoms with Gasteiger partial charge in [-0.2, -0.15) is 0 Å². The van der Waals surface area contributed by atoms with E-state index >= 15 is 0 Å². The summed E-state index contributed by atoms with van der Waals surface area (Å²) in [5.41, 5.74) is 0. The van der Waals surface area contributed by atoms with Crippen LogP contribution in [0.5, 0.6) is 0 Å². The predicted molar refractivity (Wildman–Crippen MR) is 41.9 cm³/mol. The van der Waals surface area contributed by atoms with Crippen molar-refractivity contribution < 1.29 is 9.47 Å². The lowest BCUT2D eigenvalue weighted by molar-refractivity contribution is -0.105. The van der Waals surface area contributed by atoms with E-state index in [0.29, 0.717) is 0 Å². The van der Waals surface area contributed by atoms with Crippen molar-refractivity contribution in [2.45, 2.75) is 26.1 Å². The normalized spacial score (nSPS) is 11.6. The lowest BCUT2D eigenvalue weighted by Gasteiger charge is -2.10. The van der Waals surface area contributed by atoms with Gasteiger partial charge in [-0.1, -0.05) is 12.2 Å². The van der Waals surface area contributed by atoms with Crippen molar-refractivity contribution in [1.82, 2.24) is 0 Å². The van der Waals surface area contributed by atoms with E-state index in [1.807, 2.05) is 13.0 Å². The molecular weight excluding hydrogens is 128 g/mol. The van der Waals surface area contributed by atoms with Crippen LogP contribution >= 0.6 is 0 Å². The van der Waals surface area contributed by atoms with Crippen molar-refractivity contribution in [3.05, 3.63) is 12.2 Å². The zero-order valence-electron chi connectivity index (χ0n) is 6.96. The van der Waals surface area contributed by atoms with Gasteiger partial charge < -0.3 is 9.47 Å². The summed E-state index contributed by atoms with van der Waals surface area (Å²) in [6, 6.07) is 0. The van der Waals surface area contributed by atoms with Gasteiger partial charge in [0.25, 0.3) is 0 Å². The Hall–Kier alpha value is -0.340. The summed E-state index contributed by atoms with van der Waals surface area (Å²) in [5.74, 6) is 0. The molecule has 0 saturated heterocycles. The minimum Gasteiger partial charge on any atom is -0.356 e. The van der Waals surface area contributed by atoms with Crippen LogP contribution in [0.1, 0.15) is 19.8 Å². The summed E-state index contributed by atoms with van der Waals surface area (Å²) < 4.78 is 9.98. The molecule has 0 aliphatic rings. The third-order valence-corrected chi connectivity index (χ3v) is 1.33. The van der Waals surface area contributed by atoms with Crippen LogP contribution in [0.4, 0.5) is 0 Å². The standard InChI is InChI=1S/C8H16O2/c1-4-5-6-7-8(9-2)10-3/h4-5,8H,6-7H2,1-3H3/b5-4+. The second-order valence-electron chi connectivity index (χ2n) is 2.05. The fraction of sp³-hybridized carbons (Fsp3) is 0.750. The molecule has 0 rings (SSSR count). The molecule has 0 aromatic heterocycles. The summed E-state index contributed by atoms with van der Waals surface area (Å²) in [6.45, 7) is 2.01. The number of hydrogen-bond acceptors (Lipinski definition) is 2. The van der Waals surface area contributed by atoms with Gasteiger partial charge in [0, 0.05) is 20.6 Å². The first-order valence-electron chi connectivity index (χ1n) is 3.52. The molecule has 0 amide bonds. The van der Waals surface area contributed by atoms with E-state index in [2.05, 4.69) is 6.08 Å². The highest BCUT2D eigenvalue weighted by atomic mass is 16.7. The average Bonchev–Trinajstić information content (AvgIpc) is 1.99. The number of rotatable bonds is 5. The maximum atomic E-state index is 4.99. The Morgan fingerprint density at radius 1 is 1.30 bits per heavy atom. The number of ether oxygens (including phenoxy) is 2. The van der Waals surface area contributed by atoms with E-state index < -0.39 is 0 Å². The Morgan fingerprint density at radius 2 is 1.90 bits per heavy atom. The maximum Gasteiger partial charge on any atom is 0.157 e. The van der Waals surface area contributed by atoms with Crippen LogP contribution in [0.25, 0.3) is 0 Å². The van der Waals surface area contributed by atoms with Gasteiger partial charge in [0.1, 0.15) is 0 Å². The third-order valence-electron chi connectivity index (χ3n) is 1.33. The fourth-order valence-corrected chi connectivity index (χ4v) is 0.731. The van der Waals surface area contributed by atoms with Crippen LogP contribution in [0.15, 0.2) is 12.2 Å². The lowest BCUT2D eigenvalue weighted by Crippen LogP contribution is -2.11. The van der Waals surface area contributed by atoms with E-state index in [0.717, 1.165) is 12.8 Å². The first kappa shape index (κ1) is 9.66. The van der Waals surface area contributed by atoms with Gasteiger partial charge in [-0.3, -0.25) is 0 Å². The minimum absolute atomic E-state index is 0.0452. The van der Waals surface area contributed by atoms with Gasteiger partial charge in [-0.05, 0) is 13.3 Å². The van der Waals surface area contributed by atoms with Crippen LogP contribution in [0.2, 0.25) is 0 Å². The number of hydrogen-bond donors (Lipinski definition) is 0. The second-order valence-corrected chi connectivity index (χ2v) is 2.05. The SMILES string of the molecule is C/C=C/CCC(OC)OC. The highest BCUT2D eigenvalue weighted by molar-refractivity contribution is 4.76. The van der Waals surface area contributed by atoms with E-state index in [4.69, 9.17) is 9.47 Å². The van der Waals surface area contributed by atoms with Gasteiger partial charge in [-0.25, -0.2) is 0 Å². The maximum absolute atomic E-state index is 4.99. The first-order valence-corrected chi connectivity index (χ1v) is 3.52. The summed E-state index contributed by atoms with van der Waals surface area (Å²) in [4.78, 5) is 0. The molecular formula is C8H16O2. The molecule has 2 heteroatoms. The van der Waals surface area contributed by atoms with Crippen molar-refractivity contribution in [3.8, 4) is 0 Å². The van der Waals surface area contributed by atoms with E-state index in [-0.39, 0.29) is 6.29 Å². The Kier molecular flexibility index (Phi) is 6.55. The minimum atomic E-state index is -0.0452. The van der Waals surface area contributed by atoms with Gasteiger partial charge in [0.15, 0.2) is 6.29 Å². The zero-order valence-corrected chi connectivity index (χ0v) is 6.96. The van der Waals surface area contributed by atoms with Gasteiger partial charge in [-0.15, -0.1) is 0 Å². The van der Waals surface area contributed by atoms with Gasteiger partial charge in [0.2, 0.25) is 0 Å².